The molecule has 4 heteroatoms. The Morgan fingerprint density at radius 2 is 1.89 bits per heavy atom. The minimum absolute atomic E-state index is 0.225. The second-order valence-electron chi connectivity index (χ2n) is 4.40. The number of hydrogen-bond acceptors (Lipinski definition) is 2. The van der Waals surface area contributed by atoms with Crippen molar-refractivity contribution in [2.45, 2.75) is 25.8 Å². The van der Waals surface area contributed by atoms with Gasteiger partial charge in [0.05, 0.1) is 0 Å². The second-order valence-corrected chi connectivity index (χ2v) is 4.40. The standard InChI is InChI=1S/C14H16N2O2/c1-10(17)15-13(14(18)16-12-7-8-12)9-11-5-3-2-4-6-11/h2-6,9,12H,7-8H2,1H3,(H,15,17)(H,16,18)/b13-9-. The highest BCUT2D eigenvalue weighted by Gasteiger charge is 2.25. The van der Waals surface area contributed by atoms with Gasteiger partial charge >= 0.3 is 0 Å². The van der Waals surface area contributed by atoms with Gasteiger partial charge in [0, 0.05) is 13.0 Å². The van der Waals surface area contributed by atoms with E-state index in [9.17, 15) is 9.59 Å². The Morgan fingerprint density at radius 1 is 1.22 bits per heavy atom. The van der Waals surface area contributed by atoms with E-state index in [4.69, 9.17) is 0 Å². The molecule has 1 aromatic rings. The molecule has 0 atom stereocenters. The van der Waals surface area contributed by atoms with Gasteiger partial charge in [-0.15, -0.1) is 0 Å². The van der Waals surface area contributed by atoms with E-state index < -0.39 is 0 Å². The minimum Gasteiger partial charge on any atom is -0.348 e. The quantitative estimate of drug-likeness (QED) is 0.787. The predicted octanol–water partition coefficient (Wildman–Crippen LogP) is 1.44. The van der Waals surface area contributed by atoms with Gasteiger partial charge in [-0.25, -0.2) is 0 Å². The normalized spacial score (nSPS) is 15.1. The Bertz CT molecular complexity index is 476. The van der Waals surface area contributed by atoms with Crippen molar-refractivity contribution in [1.29, 1.82) is 0 Å². The zero-order chi connectivity index (χ0) is 13.0. The van der Waals surface area contributed by atoms with Gasteiger partial charge in [-0.1, -0.05) is 30.3 Å². The number of carbonyl (C=O) groups is 2. The van der Waals surface area contributed by atoms with Gasteiger partial charge in [0.2, 0.25) is 5.91 Å². The number of rotatable bonds is 4. The third-order valence-corrected chi connectivity index (χ3v) is 2.58. The molecule has 1 aromatic carbocycles. The Morgan fingerprint density at radius 3 is 2.44 bits per heavy atom. The molecular weight excluding hydrogens is 228 g/mol. The molecule has 1 aliphatic carbocycles. The summed E-state index contributed by atoms with van der Waals surface area (Å²) in [7, 11) is 0. The zero-order valence-electron chi connectivity index (χ0n) is 10.3. The van der Waals surface area contributed by atoms with Crippen molar-refractivity contribution in [2.24, 2.45) is 0 Å². The topological polar surface area (TPSA) is 58.2 Å². The zero-order valence-corrected chi connectivity index (χ0v) is 10.3. The number of benzene rings is 1. The van der Waals surface area contributed by atoms with Crippen molar-refractivity contribution in [3.63, 3.8) is 0 Å². The maximum atomic E-state index is 11.9. The van der Waals surface area contributed by atoms with Crippen LogP contribution < -0.4 is 10.6 Å². The van der Waals surface area contributed by atoms with Crippen LogP contribution in [-0.4, -0.2) is 17.9 Å². The Kier molecular flexibility index (Phi) is 3.77. The van der Waals surface area contributed by atoms with Crippen molar-refractivity contribution in [1.82, 2.24) is 10.6 Å². The summed E-state index contributed by atoms with van der Waals surface area (Å²) in [5.74, 6) is -0.473. The van der Waals surface area contributed by atoms with E-state index in [-0.39, 0.29) is 17.9 Å². The number of hydrogen-bond donors (Lipinski definition) is 2. The molecule has 18 heavy (non-hydrogen) atoms. The van der Waals surface area contributed by atoms with Crippen LogP contribution in [0.4, 0.5) is 0 Å². The average Bonchev–Trinajstić information content (AvgIpc) is 3.13. The van der Waals surface area contributed by atoms with Crippen molar-refractivity contribution < 1.29 is 9.59 Å². The lowest BCUT2D eigenvalue weighted by Gasteiger charge is -2.08. The summed E-state index contributed by atoms with van der Waals surface area (Å²) in [6, 6.07) is 9.70. The van der Waals surface area contributed by atoms with Gasteiger partial charge in [0.15, 0.2) is 0 Å². The second kappa shape index (κ2) is 5.49. The van der Waals surface area contributed by atoms with Gasteiger partial charge < -0.3 is 10.6 Å². The molecule has 4 nitrogen and oxygen atoms in total. The Labute approximate surface area is 106 Å². The fraction of sp³-hybridized carbons (Fsp3) is 0.286. The third kappa shape index (κ3) is 3.73. The number of nitrogens with one attached hydrogen (secondary N) is 2. The summed E-state index contributed by atoms with van der Waals surface area (Å²) in [6.07, 6.45) is 3.72. The number of amides is 2. The molecule has 2 amide bonds. The highest BCUT2D eigenvalue weighted by molar-refractivity contribution is 6.01. The van der Waals surface area contributed by atoms with E-state index in [2.05, 4.69) is 10.6 Å². The van der Waals surface area contributed by atoms with Crippen LogP contribution in [0, 0.1) is 0 Å². The first-order valence-electron chi connectivity index (χ1n) is 6.00. The van der Waals surface area contributed by atoms with Crippen LogP contribution in [-0.2, 0) is 9.59 Å². The van der Waals surface area contributed by atoms with Gasteiger partial charge in [0.1, 0.15) is 5.70 Å². The van der Waals surface area contributed by atoms with Crippen molar-refractivity contribution >= 4 is 17.9 Å². The Hall–Kier alpha value is -2.10. The maximum Gasteiger partial charge on any atom is 0.268 e. The van der Waals surface area contributed by atoms with Crippen molar-refractivity contribution in [2.75, 3.05) is 0 Å². The van der Waals surface area contributed by atoms with E-state index in [1.165, 1.54) is 6.92 Å². The van der Waals surface area contributed by atoms with Crippen LogP contribution in [0.25, 0.3) is 6.08 Å². The van der Waals surface area contributed by atoms with Gasteiger partial charge in [-0.05, 0) is 24.5 Å². The van der Waals surface area contributed by atoms with Gasteiger partial charge in [-0.2, -0.15) is 0 Å². The lowest BCUT2D eigenvalue weighted by molar-refractivity contribution is -0.122. The van der Waals surface area contributed by atoms with Crippen molar-refractivity contribution in [3.8, 4) is 0 Å². The van der Waals surface area contributed by atoms with Crippen LogP contribution in [0.1, 0.15) is 25.3 Å². The molecule has 0 aliphatic heterocycles. The average molecular weight is 244 g/mol. The first kappa shape index (κ1) is 12.4. The van der Waals surface area contributed by atoms with Crippen LogP contribution in [0.2, 0.25) is 0 Å². The smallest absolute Gasteiger partial charge is 0.268 e. The number of carbonyl (C=O) groups excluding carboxylic acids is 2. The predicted molar refractivity (Wildman–Crippen MR) is 69.4 cm³/mol. The summed E-state index contributed by atoms with van der Waals surface area (Å²) >= 11 is 0. The molecule has 0 heterocycles. The molecule has 2 N–H and O–H groups in total. The van der Waals surface area contributed by atoms with Crippen LogP contribution in [0.5, 0.6) is 0 Å². The highest BCUT2D eigenvalue weighted by atomic mass is 16.2. The molecule has 0 spiro atoms. The summed E-state index contributed by atoms with van der Waals surface area (Å²) in [5, 5.41) is 5.43. The molecule has 1 fully saturated rings. The van der Waals surface area contributed by atoms with E-state index in [0.717, 1.165) is 18.4 Å². The molecule has 1 aliphatic rings. The molecule has 2 rings (SSSR count). The lowest BCUT2D eigenvalue weighted by Crippen LogP contribution is -2.34. The Balaban J connectivity index is 2.15. The van der Waals surface area contributed by atoms with Gasteiger partial charge in [0.25, 0.3) is 5.91 Å². The molecule has 0 radical (unpaired) electrons. The van der Waals surface area contributed by atoms with E-state index >= 15 is 0 Å². The van der Waals surface area contributed by atoms with Gasteiger partial charge in [-0.3, -0.25) is 9.59 Å². The fourth-order valence-electron chi connectivity index (χ4n) is 1.55. The van der Waals surface area contributed by atoms with Crippen molar-refractivity contribution in [3.05, 3.63) is 41.6 Å². The minimum atomic E-state index is -0.247. The summed E-state index contributed by atoms with van der Waals surface area (Å²) in [6.45, 7) is 1.39. The molecule has 0 bridgehead atoms. The molecular formula is C14H16N2O2. The van der Waals surface area contributed by atoms with Crippen LogP contribution in [0.3, 0.4) is 0 Å². The van der Waals surface area contributed by atoms with E-state index in [1.807, 2.05) is 30.3 Å². The SMILES string of the molecule is CC(=O)N/C(=C\c1ccccc1)C(=O)NC1CC1. The van der Waals surface area contributed by atoms with Crippen LogP contribution >= 0.6 is 0 Å². The summed E-state index contributed by atoms with van der Waals surface area (Å²) in [5.41, 5.74) is 1.17. The third-order valence-electron chi connectivity index (χ3n) is 2.58. The van der Waals surface area contributed by atoms with Crippen LogP contribution in [0.15, 0.2) is 36.0 Å². The van der Waals surface area contributed by atoms with E-state index in [1.54, 1.807) is 6.08 Å². The molecule has 0 unspecified atom stereocenters. The first-order chi connectivity index (χ1) is 8.65. The monoisotopic (exact) mass is 244 g/mol. The largest absolute Gasteiger partial charge is 0.348 e. The molecule has 0 saturated heterocycles. The lowest BCUT2D eigenvalue weighted by atomic mass is 10.2. The molecule has 0 aromatic heterocycles. The fourth-order valence-corrected chi connectivity index (χ4v) is 1.55. The maximum absolute atomic E-state index is 11.9. The summed E-state index contributed by atoms with van der Waals surface area (Å²) in [4.78, 5) is 23.1. The first-order valence-corrected chi connectivity index (χ1v) is 6.00. The highest BCUT2D eigenvalue weighted by Crippen LogP contribution is 2.19. The van der Waals surface area contributed by atoms with E-state index in [0.29, 0.717) is 5.70 Å². The molecule has 94 valence electrons. The summed E-state index contributed by atoms with van der Waals surface area (Å²) < 4.78 is 0. The molecule has 1 saturated carbocycles.